The molecule has 20 heavy (non-hydrogen) atoms. The van der Waals surface area contributed by atoms with Crippen molar-refractivity contribution < 1.29 is 9.90 Å². The second-order valence-corrected chi connectivity index (χ2v) is 6.07. The second-order valence-electron chi connectivity index (χ2n) is 6.07. The number of anilines is 1. The zero-order valence-electron chi connectivity index (χ0n) is 12.2. The van der Waals surface area contributed by atoms with Crippen LogP contribution in [0.1, 0.15) is 52.0 Å². The lowest BCUT2D eigenvalue weighted by molar-refractivity contribution is 0.187. The number of carbonyl (C=O) groups is 1. The summed E-state index contributed by atoms with van der Waals surface area (Å²) in [6.07, 6.45) is 7.65. The van der Waals surface area contributed by atoms with E-state index >= 15 is 0 Å². The molecule has 1 heterocycles. The van der Waals surface area contributed by atoms with Gasteiger partial charge in [0.05, 0.1) is 24.4 Å². The third-order valence-corrected chi connectivity index (χ3v) is 3.68. The Labute approximate surface area is 119 Å². The number of nitrogens with one attached hydrogen (secondary N) is 2. The summed E-state index contributed by atoms with van der Waals surface area (Å²) in [7, 11) is 0. The number of carbonyl (C=O) groups excluding carboxylic acids is 1. The maximum absolute atomic E-state index is 11.9. The third kappa shape index (κ3) is 3.72. The Morgan fingerprint density at radius 1 is 1.45 bits per heavy atom. The third-order valence-electron chi connectivity index (χ3n) is 3.68. The molecule has 1 aromatic rings. The summed E-state index contributed by atoms with van der Waals surface area (Å²) in [5.41, 5.74) is -0.639. The molecule has 0 spiro atoms. The number of nitrogens with zero attached hydrogens (tertiary/aromatic N) is 2. The van der Waals surface area contributed by atoms with Gasteiger partial charge in [0.2, 0.25) is 0 Å². The molecule has 1 aliphatic carbocycles. The molecule has 112 valence electrons. The van der Waals surface area contributed by atoms with Gasteiger partial charge in [0.25, 0.3) is 0 Å². The number of urea groups is 1. The minimum absolute atomic E-state index is 0.109. The molecule has 1 saturated carbocycles. The topological polar surface area (TPSA) is 79.2 Å². The molecule has 3 N–H and O–H groups in total. The van der Waals surface area contributed by atoms with Gasteiger partial charge < -0.3 is 10.4 Å². The van der Waals surface area contributed by atoms with Gasteiger partial charge in [-0.1, -0.05) is 19.3 Å². The Morgan fingerprint density at radius 3 is 2.80 bits per heavy atom. The van der Waals surface area contributed by atoms with Crippen molar-refractivity contribution in [1.82, 2.24) is 15.1 Å². The zero-order chi connectivity index (χ0) is 14.6. The molecule has 0 saturated heterocycles. The van der Waals surface area contributed by atoms with Gasteiger partial charge >= 0.3 is 6.03 Å². The van der Waals surface area contributed by atoms with Crippen LogP contribution in [0.3, 0.4) is 0 Å². The first kappa shape index (κ1) is 14.8. The molecule has 0 unspecified atom stereocenters. The minimum atomic E-state index is -0.639. The highest BCUT2D eigenvalue weighted by molar-refractivity contribution is 5.88. The van der Waals surface area contributed by atoms with Crippen molar-refractivity contribution in [3.8, 4) is 0 Å². The van der Waals surface area contributed by atoms with E-state index in [1.165, 1.54) is 19.3 Å². The van der Waals surface area contributed by atoms with Crippen molar-refractivity contribution in [1.29, 1.82) is 0 Å². The predicted molar refractivity (Wildman–Crippen MR) is 77.7 cm³/mol. The summed E-state index contributed by atoms with van der Waals surface area (Å²) in [5, 5.41) is 19.1. The molecule has 0 aromatic carbocycles. The molecule has 6 nitrogen and oxygen atoms in total. The number of aromatic nitrogens is 2. The minimum Gasteiger partial charge on any atom is -0.394 e. The lowest BCUT2D eigenvalue weighted by Gasteiger charge is -2.26. The van der Waals surface area contributed by atoms with E-state index in [9.17, 15) is 4.79 Å². The van der Waals surface area contributed by atoms with E-state index in [4.69, 9.17) is 5.11 Å². The fourth-order valence-electron chi connectivity index (χ4n) is 2.52. The number of hydrogen-bond acceptors (Lipinski definition) is 3. The fourth-order valence-corrected chi connectivity index (χ4v) is 2.52. The van der Waals surface area contributed by atoms with Crippen LogP contribution in [0.2, 0.25) is 0 Å². The van der Waals surface area contributed by atoms with Gasteiger partial charge in [-0.25, -0.2) is 9.48 Å². The molecule has 0 aliphatic heterocycles. The van der Waals surface area contributed by atoms with Crippen LogP contribution >= 0.6 is 0 Å². The summed E-state index contributed by atoms with van der Waals surface area (Å²) in [4.78, 5) is 11.9. The quantitative estimate of drug-likeness (QED) is 0.791. The maximum Gasteiger partial charge on any atom is 0.320 e. The SMILES string of the molecule is CC(C)(CO)NC(=O)Nc1ccnn1C1CCCCC1. The monoisotopic (exact) mass is 280 g/mol. The molecule has 1 aliphatic rings. The summed E-state index contributed by atoms with van der Waals surface area (Å²) in [5.74, 6) is 0.711. The highest BCUT2D eigenvalue weighted by atomic mass is 16.3. The summed E-state index contributed by atoms with van der Waals surface area (Å²) < 4.78 is 1.91. The van der Waals surface area contributed by atoms with Crippen LogP contribution in [-0.2, 0) is 0 Å². The number of rotatable bonds is 4. The Hall–Kier alpha value is -1.56. The normalized spacial score (nSPS) is 16.9. The lowest BCUT2D eigenvalue weighted by atomic mass is 9.96. The number of hydrogen-bond donors (Lipinski definition) is 3. The Kier molecular flexibility index (Phi) is 4.65. The van der Waals surface area contributed by atoms with Crippen LogP contribution in [0.15, 0.2) is 12.3 Å². The highest BCUT2D eigenvalue weighted by Gasteiger charge is 2.22. The molecule has 2 rings (SSSR count). The van der Waals surface area contributed by atoms with Crippen molar-refractivity contribution in [2.75, 3.05) is 11.9 Å². The van der Waals surface area contributed by atoms with Gasteiger partial charge in [-0.15, -0.1) is 0 Å². The van der Waals surface area contributed by atoms with Gasteiger partial charge in [-0.05, 0) is 26.7 Å². The largest absolute Gasteiger partial charge is 0.394 e. The molecule has 1 aromatic heterocycles. The summed E-state index contributed by atoms with van der Waals surface area (Å²) >= 11 is 0. The molecule has 2 amide bonds. The van der Waals surface area contributed by atoms with Crippen LogP contribution in [0.4, 0.5) is 10.6 Å². The van der Waals surface area contributed by atoms with Gasteiger partial charge in [0.15, 0.2) is 0 Å². The van der Waals surface area contributed by atoms with Gasteiger partial charge in [-0.2, -0.15) is 5.10 Å². The number of aliphatic hydroxyl groups excluding tert-OH is 1. The van der Waals surface area contributed by atoms with E-state index in [1.54, 1.807) is 26.1 Å². The summed E-state index contributed by atoms with van der Waals surface area (Å²) in [6.45, 7) is 3.43. The summed E-state index contributed by atoms with van der Waals surface area (Å²) in [6, 6.07) is 1.86. The first-order valence-corrected chi connectivity index (χ1v) is 7.25. The molecule has 1 fully saturated rings. The van der Waals surface area contributed by atoms with Crippen molar-refractivity contribution in [2.45, 2.75) is 57.5 Å². The van der Waals surface area contributed by atoms with E-state index in [-0.39, 0.29) is 12.6 Å². The van der Waals surface area contributed by atoms with E-state index in [0.717, 1.165) is 12.8 Å². The predicted octanol–water partition coefficient (Wildman–Crippen LogP) is 2.28. The molecular formula is C14H24N4O2. The average molecular weight is 280 g/mol. The van der Waals surface area contributed by atoms with Gasteiger partial charge in [0, 0.05) is 6.07 Å². The molecule has 0 atom stereocenters. The molecular weight excluding hydrogens is 256 g/mol. The molecule has 0 bridgehead atoms. The average Bonchev–Trinajstić information content (AvgIpc) is 2.87. The fraction of sp³-hybridized carbons (Fsp3) is 0.714. The standard InChI is InChI=1S/C14H24N4O2/c1-14(2,10-19)17-13(20)16-12-8-9-15-18(12)11-6-4-3-5-7-11/h8-9,11,19H,3-7,10H2,1-2H3,(H2,16,17,20). The first-order valence-electron chi connectivity index (χ1n) is 7.25. The van der Waals surface area contributed by atoms with Crippen molar-refractivity contribution in [2.24, 2.45) is 0 Å². The Morgan fingerprint density at radius 2 is 2.15 bits per heavy atom. The molecule has 0 radical (unpaired) electrons. The van der Waals surface area contributed by atoms with E-state index in [2.05, 4.69) is 15.7 Å². The van der Waals surface area contributed by atoms with Gasteiger partial charge in [0.1, 0.15) is 5.82 Å². The highest BCUT2D eigenvalue weighted by Crippen LogP contribution is 2.29. The Bertz CT molecular complexity index is 450. The number of aliphatic hydroxyl groups is 1. The van der Waals surface area contributed by atoms with E-state index in [1.807, 2.05) is 4.68 Å². The maximum atomic E-state index is 11.9. The van der Waals surface area contributed by atoms with Gasteiger partial charge in [-0.3, -0.25) is 5.32 Å². The first-order chi connectivity index (χ1) is 9.52. The second kappa shape index (κ2) is 6.26. The van der Waals surface area contributed by atoms with Crippen LogP contribution in [0, 0.1) is 0 Å². The van der Waals surface area contributed by atoms with Crippen molar-refractivity contribution in [3.63, 3.8) is 0 Å². The van der Waals surface area contributed by atoms with Crippen LogP contribution in [-0.4, -0.2) is 33.1 Å². The smallest absolute Gasteiger partial charge is 0.320 e. The Balaban J connectivity index is 1.99. The zero-order valence-corrected chi connectivity index (χ0v) is 12.2. The molecule has 6 heteroatoms. The number of amides is 2. The van der Waals surface area contributed by atoms with Crippen LogP contribution in [0.5, 0.6) is 0 Å². The van der Waals surface area contributed by atoms with Crippen molar-refractivity contribution in [3.05, 3.63) is 12.3 Å². The van der Waals surface area contributed by atoms with E-state index < -0.39 is 5.54 Å². The van der Waals surface area contributed by atoms with Crippen LogP contribution < -0.4 is 10.6 Å². The lowest BCUT2D eigenvalue weighted by Crippen LogP contribution is -2.48. The van der Waals surface area contributed by atoms with E-state index in [0.29, 0.717) is 11.9 Å². The van der Waals surface area contributed by atoms with Crippen molar-refractivity contribution >= 4 is 11.8 Å². The van der Waals surface area contributed by atoms with Crippen LogP contribution in [0.25, 0.3) is 0 Å².